The molecule has 0 amide bonds. The first-order chi connectivity index (χ1) is 16.7. The normalized spacial score (nSPS) is 16.5. The molecule has 1 aliphatic rings. The molecule has 9 heteroatoms. The first-order valence-electron chi connectivity index (χ1n) is 11.5. The molecular weight excluding hydrogens is 462 g/mol. The fourth-order valence-electron chi connectivity index (χ4n) is 4.50. The van der Waals surface area contributed by atoms with Gasteiger partial charge in [-0.3, -0.25) is 0 Å². The van der Waals surface area contributed by atoms with Gasteiger partial charge in [0.15, 0.2) is 5.65 Å². The predicted molar refractivity (Wildman–Crippen MR) is 136 cm³/mol. The predicted octanol–water partition coefficient (Wildman–Crippen LogP) is 3.84. The van der Waals surface area contributed by atoms with Gasteiger partial charge >= 0.3 is 0 Å². The Morgan fingerprint density at radius 3 is 2.74 bits per heavy atom. The van der Waals surface area contributed by atoms with Crippen molar-refractivity contribution in [1.29, 1.82) is 5.26 Å². The highest BCUT2D eigenvalue weighted by Crippen LogP contribution is 2.36. The Morgan fingerprint density at radius 2 is 2.00 bits per heavy atom. The zero-order valence-corrected chi connectivity index (χ0v) is 20.6. The van der Waals surface area contributed by atoms with Crippen LogP contribution in [0.4, 0.5) is 5.82 Å². The number of aromatic nitrogens is 4. The molecule has 178 valence electrons. The highest BCUT2D eigenvalue weighted by Gasteiger charge is 2.32. The fourth-order valence-corrected chi connectivity index (χ4v) is 4.75. The van der Waals surface area contributed by atoms with E-state index in [0.29, 0.717) is 28.6 Å². The van der Waals surface area contributed by atoms with Crippen molar-refractivity contribution >= 4 is 23.1 Å². The number of aryl methyl sites for hydroxylation is 1. The van der Waals surface area contributed by atoms with Crippen molar-refractivity contribution in [3.8, 4) is 28.5 Å². The second kappa shape index (κ2) is 8.93. The van der Waals surface area contributed by atoms with Gasteiger partial charge in [-0.05, 0) is 56.7 Å². The maximum absolute atomic E-state index is 10.5. The Kier molecular flexibility index (Phi) is 5.93. The molecule has 4 aromatic rings. The monoisotopic (exact) mass is 487 g/mol. The van der Waals surface area contributed by atoms with Crippen LogP contribution in [-0.2, 0) is 0 Å². The Balaban J connectivity index is 1.69. The highest BCUT2D eigenvalue weighted by atomic mass is 35.5. The summed E-state index contributed by atoms with van der Waals surface area (Å²) in [5, 5.41) is 28.6. The number of benzene rings is 1. The molecule has 0 bridgehead atoms. The smallest absolute Gasteiger partial charge is 0.165 e. The number of nitriles is 1. The molecule has 0 unspecified atom stereocenters. The quantitative estimate of drug-likeness (QED) is 0.421. The minimum Gasteiger partial charge on any atom is -0.389 e. The molecule has 5 rings (SSSR count). The Hall–Kier alpha value is -3.51. The van der Waals surface area contributed by atoms with Gasteiger partial charge in [-0.1, -0.05) is 23.7 Å². The lowest BCUT2D eigenvalue weighted by molar-refractivity contribution is 0.0363. The summed E-state index contributed by atoms with van der Waals surface area (Å²) >= 11 is 6.34. The van der Waals surface area contributed by atoms with Gasteiger partial charge in [0.05, 0.1) is 28.8 Å². The van der Waals surface area contributed by atoms with E-state index < -0.39 is 5.60 Å². The second-order valence-corrected chi connectivity index (χ2v) is 9.78. The SMILES string of the molecule is Cc1cc(-c2c(-c3cccc(C#N)c3)nn3ccc(N4CCN[C@@H](C(C)(C)O)C4)nc23)cc(Cl)n1. The van der Waals surface area contributed by atoms with Crippen LogP contribution in [-0.4, -0.2) is 56.0 Å². The molecule has 4 heterocycles. The number of piperazine rings is 1. The molecule has 1 saturated heterocycles. The zero-order valence-electron chi connectivity index (χ0n) is 19.8. The van der Waals surface area contributed by atoms with Crippen molar-refractivity contribution < 1.29 is 5.11 Å². The molecule has 0 saturated carbocycles. The first-order valence-corrected chi connectivity index (χ1v) is 11.9. The lowest BCUT2D eigenvalue weighted by Crippen LogP contribution is -2.59. The topological polar surface area (TPSA) is 102 Å². The molecule has 0 radical (unpaired) electrons. The Labute approximate surface area is 208 Å². The molecule has 1 aromatic carbocycles. The summed E-state index contributed by atoms with van der Waals surface area (Å²) in [5.41, 5.74) is 4.38. The van der Waals surface area contributed by atoms with Gasteiger partial charge in [-0.2, -0.15) is 10.4 Å². The van der Waals surface area contributed by atoms with Crippen LogP contribution in [0.15, 0.2) is 48.7 Å². The minimum atomic E-state index is -0.852. The van der Waals surface area contributed by atoms with Gasteiger partial charge in [0.2, 0.25) is 0 Å². The second-order valence-electron chi connectivity index (χ2n) is 9.40. The lowest BCUT2D eigenvalue weighted by Gasteiger charge is -2.40. The Bertz CT molecular complexity index is 1430. The Morgan fingerprint density at radius 1 is 1.17 bits per heavy atom. The molecule has 2 N–H and O–H groups in total. The molecule has 35 heavy (non-hydrogen) atoms. The average Bonchev–Trinajstić information content (AvgIpc) is 3.22. The van der Waals surface area contributed by atoms with Crippen LogP contribution in [0.3, 0.4) is 0 Å². The van der Waals surface area contributed by atoms with Gasteiger partial charge in [-0.25, -0.2) is 14.5 Å². The van der Waals surface area contributed by atoms with Crippen LogP contribution in [0.25, 0.3) is 28.0 Å². The summed E-state index contributed by atoms with van der Waals surface area (Å²) in [4.78, 5) is 11.5. The number of pyridine rings is 1. The third-order valence-corrected chi connectivity index (χ3v) is 6.49. The fraction of sp³-hybridized carbons (Fsp3) is 0.308. The van der Waals surface area contributed by atoms with Crippen molar-refractivity contribution in [2.45, 2.75) is 32.4 Å². The van der Waals surface area contributed by atoms with Gasteiger partial charge < -0.3 is 15.3 Å². The van der Waals surface area contributed by atoms with E-state index in [-0.39, 0.29) is 6.04 Å². The number of anilines is 1. The van der Waals surface area contributed by atoms with E-state index >= 15 is 0 Å². The number of hydrogen-bond acceptors (Lipinski definition) is 7. The van der Waals surface area contributed by atoms with E-state index in [1.165, 1.54) is 0 Å². The molecule has 1 fully saturated rings. The third-order valence-electron chi connectivity index (χ3n) is 6.30. The van der Waals surface area contributed by atoms with E-state index in [9.17, 15) is 10.4 Å². The van der Waals surface area contributed by atoms with Crippen LogP contribution in [0.5, 0.6) is 0 Å². The average molecular weight is 488 g/mol. The summed E-state index contributed by atoms with van der Waals surface area (Å²) in [6.07, 6.45) is 1.90. The number of nitrogens with one attached hydrogen (secondary N) is 1. The van der Waals surface area contributed by atoms with Crippen LogP contribution >= 0.6 is 11.6 Å². The van der Waals surface area contributed by atoms with Gasteiger partial charge in [0.25, 0.3) is 0 Å². The summed E-state index contributed by atoms with van der Waals surface area (Å²) in [7, 11) is 0. The molecule has 0 spiro atoms. The maximum atomic E-state index is 10.5. The number of aliphatic hydroxyl groups is 1. The van der Waals surface area contributed by atoms with Gasteiger partial charge in [-0.15, -0.1) is 0 Å². The first kappa shape index (κ1) is 23.2. The summed E-state index contributed by atoms with van der Waals surface area (Å²) in [6.45, 7) is 7.68. The van der Waals surface area contributed by atoms with Crippen molar-refractivity contribution in [2.24, 2.45) is 0 Å². The number of nitrogens with zero attached hydrogens (tertiary/aromatic N) is 6. The summed E-state index contributed by atoms with van der Waals surface area (Å²) < 4.78 is 1.76. The summed E-state index contributed by atoms with van der Waals surface area (Å²) in [6, 6.07) is 15.2. The van der Waals surface area contributed by atoms with Gasteiger partial charge in [0, 0.05) is 37.1 Å². The van der Waals surface area contributed by atoms with Crippen molar-refractivity contribution in [1.82, 2.24) is 24.9 Å². The van der Waals surface area contributed by atoms with E-state index in [1.807, 2.05) is 63.4 Å². The van der Waals surface area contributed by atoms with E-state index in [4.69, 9.17) is 21.7 Å². The highest BCUT2D eigenvalue weighted by molar-refractivity contribution is 6.29. The van der Waals surface area contributed by atoms with Crippen molar-refractivity contribution in [3.63, 3.8) is 0 Å². The van der Waals surface area contributed by atoms with Gasteiger partial charge in [0.1, 0.15) is 16.7 Å². The molecule has 1 aliphatic heterocycles. The van der Waals surface area contributed by atoms with Crippen LogP contribution in [0, 0.1) is 18.3 Å². The lowest BCUT2D eigenvalue weighted by atomic mass is 9.97. The standard InChI is InChI=1S/C26H26ClN7O/c1-16-11-19(13-21(27)30-16)23-24(18-6-4-5-17(12-18)14-28)32-34-9-7-22(31-25(23)34)33-10-8-29-20(15-33)26(2,3)35/h4-7,9,11-13,20,29,35H,8,10,15H2,1-3H3/t20-/m1/s1. The van der Waals surface area contributed by atoms with E-state index in [2.05, 4.69) is 21.3 Å². The molecule has 3 aromatic heterocycles. The molecular formula is C26H26ClN7O. The van der Waals surface area contributed by atoms with E-state index in [0.717, 1.165) is 41.3 Å². The van der Waals surface area contributed by atoms with Crippen molar-refractivity contribution in [2.75, 3.05) is 24.5 Å². The van der Waals surface area contributed by atoms with Crippen LogP contribution in [0.1, 0.15) is 25.1 Å². The molecule has 8 nitrogen and oxygen atoms in total. The minimum absolute atomic E-state index is 0.0791. The van der Waals surface area contributed by atoms with Crippen LogP contribution in [0.2, 0.25) is 5.15 Å². The van der Waals surface area contributed by atoms with Crippen LogP contribution < -0.4 is 10.2 Å². The maximum Gasteiger partial charge on any atom is 0.165 e. The number of rotatable bonds is 4. The van der Waals surface area contributed by atoms with Crippen molar-refractivity contribution in [3.05, 3.63) is 65.1 Å². The molecule has 1 atom stereocenters. The number of fused-ring (bicyclic) bond motifs is 1. The largest absolute Gasteiger partial charge is 0.389 e. The number of hydrogen-bond donors (Lipinski definition) is 2. The summed E-state index contributed by atoms with van der Waals surface area (Å²) in [5.74, 6) is 0.809. The molecule has 0 aliphatic carbocycles. The third kappa shape index (κ3) is 4.58. The zero-order chi connectivity index (χ0) is 24.7. The van der Waals surface area contributed by atoms with E-state index in [1.54, 1.807) is 10.6 Å². The number of halogens is 1.